The minimum absolute atomic E-state index is 0.116. The van der Waals surface area contributed by atoms with Crippen molar-refractivity contribution in [3.63, 3.8) is 0 Å². The molecule has 2 aliphatic heterocycles. The van der Waals surface area contributed by atoms with Gasteiger partial charge in [-0.3, -0.25) is 14.5 Å². The number of carbonyl (C=O) groups excluding carboxylic acids is 2. The highest BCUT2D eigenvalue weighted by atomic mass is 16.2. The second-order valence-corrected chi connectivity index (χ2v) is 7.41. The van der Waals surface area contributed by atoms with Gasteiger partial charge in [-0.1, -0.05) is 42.5 Å². The number of rotatable bonds is 4. The molecule has 2 aliphatic rings. The Morgan fingerprint density at radius 1 is 0.963 bits per heavy atom. The van der Waals surface area contributed by atoms with Crippen LogP contribution in [0, 0.1) is 5.92 Å². The lowest BCUT2D eigenvalue weighted by Crippen LogP contribution is -2.43. The molecular formula is C21H24N4O2. The number of anilines is 1. The van der Waals surface area contributed by atoms with Gasteiger partial charge in [-0.25, -0.2) is 10.4 Å². The minimum Gasteiger partial charge on any atom is -0.378 e. The summed E-state index contributed by atoms with van der Waals surface area (Å²) in [6.45, 7) is 0.571. The topological polar surface area (TPSA) is 55.9 Å². The Morgan fingerprint density at radius 3 is 2.26 bits per heavy atom. The van der Waals surface area contributed by atoms with E-state index < -0.39 is 12.0 Å². The van der Waals surface area contributed by atoms with Crippen molar-refractivity contribution in [1.82, 2.24) is 15.3 Å². The fraction of sp³-hybridized carbons (Fsp3) is 0.333. The van der Waals surface area contributed by atoms with Crippen LogP contribution in [0.1, 0.15) is 17.2 Å². The third kappa shape index (κ3) is 3.01. The van der Waals surface area contributed by atoms with E-state index in [2.05, 4.69) is 5.43 Å². The van der Waals surface area contributed by atoms with Gasteiger partial charge in [0, 0.05) is 33.4 Å². The van der Waals surface area contributed by atoms with E-state index in [4.69, 9.17) is 0 Å². The van der Waals surface area contributed by atoms with Crippen LogP contribution in [0.3, 0.4) is 0 Å². The van der Waals surface area contributed by atoms with Crippen LogP contribution in [0.2, 0.25) is 0 Å². The number of carbonyl (C=O) groups is 2. The SMILES string of the molecule is CN1C(=O)[C@@H]2[C@@H](C1=O)N(Cc1ccccc1)N[C@H]2c1ccc(N(C)C)cc1. The summed E-state index contributed by atoms with van der Waals surface area (Å²) in [5.41, 5.74) is 6.65. The van der Waals surface area contributed by atoms with Gasteiger partial charge in [0.05, 0.1) is 12.0 Å². The molecule has 6 nitrogen and oxygen atoms in total. The lowest BCUT2D eigenvalue weighted by Gasteiger charge is -2.24. The molecule has 2 aromatic rings. The summed E-state index contributed by atoms with van der Waals surface area (Å²) < 4.78 is 0. The zero-order valence-electron chi connectivity index (χ0n) is 15.8. The van der Waals surface area contributed by atoms with Gasteiger partial charge >= 0.3 is 0 Å². The first kappa shape index (κ1) is 17.7. The highest BCUT2D eigenvalue weighted by Gasteiger charge is 2.57. The monoisotopic (exact) mass is 364 g/mol. The summed E-state index contributed by atoms with van der Waals surface area (Å²) in [6, 6.07) is 17.4. The van der Waals surface area contributed by atoms with Gasteiger partial charge < -0.3 is 4.90 Å². The molecule has 4 rings (SSSR count). The van der Waals surface area contributed by atoms with Crippen molar-refractivity contribution in [1.29, 1.82) is 0 Å². The molecule has 6 heteroatoms. The van der Waals surface area contributed by atoms with Gasteiger partial charge in [-0.2, -0.15) is 0 Å². The van der Waals surface area contributed by atoms with Crippen molar-refractivity contribution >= 4 is 17.5 Å². The number of likely N-dealkylation sites (tertiary alicyclic amines) is 1. The van der Waals surface area contributed by atoms with Crippen LogP contribution >= 0.6 is 0 Å². The summed E-state index contributed by atoms with van der Waals surface area (Å²) >= 11 is 0. The Balaban J connectivity index is 1.66. The van der Waals surface area contributed by atoms with Crippen LogP contribution in [0.5, 0.6) is 0 Å². The number of hydrogen-bond donors (Lipinski definition) is 1. The normalized spacial score (nSPS) is 25.1. The summed E-state index contributed by atoms with van der Waals surface area (Å²) in [5, 5.41) is 1.92. The molecule has 0 saturated carbocycles. The van der Waals surface area contributed by atoms with Gasteiger partial charge in [-0.15, -0.1) is 0 Å². The molecule has 1 N–H and O–H groups in total. The summed E-state index contributed by atoms with van der Waals surface area (Å²) in [6.07, 6.45) is 0. The molecule has 3 atom stereocenters. The van der Waals surface area contributed by atoms with Crippen LogP contribution in [-0.4, -0.2) is 48.9 Å². The Labute approximate surface area is 159 Å². The fourth-order valence-corrected chi connectivity index (χ4v) is 4.00. The van der Waals surface area contributed by atoms with E-state index in [1.807, 2.05) is 78.6 Å². The average Bonchev–Trinajstić information content (AvgIpc) is 3.15. The second-order valence-electron chi connectivity index (χ2n) is 7.41. The third-order valence-corrected chi connectivity index (χ3v) is 5.50. The molecule has 27 heavy (non-hydrogen) atoms. The van der Waals surface area contributed by atoms with E-state index in [1.54, 1.807) is 7.05 Å². The van der Waals surface area contributed by atoms with Gasteiger partial charge in [0.2, 0.25) is 11.8 Å². The predicted octanol–water partition coefficient (Wildman–Crippen LogP) is 1.80. The number of imide groups is 1. The first-order chi connectivity index (χ1) is 13.0. The molecule has 2 aromatic carbocycles. The van der Waals surface area contributed by atoms with E-state index in [9.17, 15) is 9.59 Å². The summed E-state index contributed by atoms with van der Waals surface area (Å²) in [5.74, 6) is -0.660. The summed E-state index contributed by atoms with van der Waals surface area (Å²) in [7, 11) is 5.57. The van der Waals surface area contributed by atoms with Crippen molar-refractivity contribution in [3.8, 4) is 0 Å². The van der Waals surface area contributed by atoms with Gasteiger partial charge in [0.1, 0.15) is 6.04 Å². The number of fused-ring (bicyclic) bond motifs is 1. The Hall–Kier alpha value is -2.70. The van der Waals surface area contributed by atoms with Crippen LogP contribution in [0.15, 0.2) is 54.6 Å². The van der Waals surface area contributed by atoms with Crippen molar-refractivity contribution in [2.45, 2.75) is 18.6 Å². The number of hydrazine groups is 1. The molecule has 2 amide bonds. The number of hydrogen-bond acceptors (Lipinski definition) is 5. The number of nitrogens with zero attached hydrogens (tertiary/aromatic N) is 3. The number of likely N-dealkylation sites (N-methyl/N-ethyl adjacent to an activating group) is 1. The molecule has 0 bridgehead atoms. The first-order valence-corrected chi connectivity index (χ1v) is 9.13. The molecule has 140 valence electrons. The third-order valence-electron chi connectivity index (χ3n) is 5.50. The van der Waals surface area contributed by atoms with Crippen molar-refractivity contribution < 1.29 is 9.59 Å². The Bertz CT molecular complexity index is 850. The van der Waals surface area contributed by atoms with Crippen LogP contribution in [0.4, 0.5) is 5.69 Å². The quantitative estimate of drug-likeness (QED) is 0.839. The lowest BCUT2D eigenvalue weighted by atomic mass is 9.90. The molecule has 0 unspecified atom stereocenters. The van der Waals surface area contributed by atoms with Crippen molar-refractivity contribution in [3.05, 3.63) is 65.7 Å². The standard InChI is InChI=1S/C21H24N4O2/c1-23(2)16-11-9-15(10-12-16)18-17-19(21(27)24(3)20(17)26)25(22-18)13-14-7-5-4-6-8-14/h4-12,17-19,22H,13H2,1-3H3/t17-,18-,19-/m0/s1. The molecule has 2 saturated heterocycles. The first-order valence-electron chi connectivity index (χ1n) is 9.13. The van der Waals surface area contributed by atoms with Crippen LogP contribution < -0.4 is 10.3 Å². The molecular weight excluding hydrogens is 340 g/mol. The van der Waals surface area contributed by atoms with E-state index in [0.29, 0.717) is 6.54 Å². The zero-order chi connectivity index (χ0) is 19.1. The summed E-state index contributed by atoms with van der Waals surface area (Å²) in [4.78, 5) is 28.8. The maximum absolute atomic E-state index is 12.8. The highest BCUT2D eigenvalue weighted by molar-refractivity contribution is 6.07. The molecule has 0 aliphatic carbocycles. The number of nitrogens with one attached hydrogen (secondary N) is 1. The minimum atomic E-state index is -0.471. The van der Waals surface area contributed by atoms with E-state index in [-0.39, 0.29) is 17.9 Å². The van der Waals surface area contributed by atoms with Crippen LogP contribution in [-0.2, 0) is 16.1 Å². The largest absolute Gasteiger partial charge is 0.378 e. The smallest absolute Gasteiger partial charge is 0.248 e. The maximum Gasteiger partial charge on any atom is 0.248 e. The highest BCUT2D eigenvalue weighted by Crippen LogP contribution is 2.40. The van der Waals surface area contributed by atoms with Gasteiger partial charge in [0.25, 0.3) is 0 Å². The van der Waals surface area contributed by atoms with E-state index >= 15 is 0 Å². The Morgan fingerprint density at radius 2 is 1.63 bits per heavy atom. The number of amides is 2. The zero-order valence-corrected chi connectivity index (χ0v) is 15.8. The van der Waals surface area contributed by atoms with E-state index in [1.165, 1.54) is 4.90 Å². The molecule has 2 fully saturated rings. The van der Waals surface area contributed by atoms with Gasteiger partial charge in [-0.05, 0) is 23.3 Å². The second kappa shape index (κ2) is 6.79. The maximum atomic E-state index is 12.8. The van der Waals surface area contributed by atoms with Crippen molar-refractivity contribution in [2.75, 3.05) is 26.0 Å². The van der Waals surface area contributed by atoms with Crippen LogP contribution in [0.25, 0.3) is 0 Å². The molecule has 0 radical (unpaired) electrons. The average molecular weight is 364 g/mol. The molecule has 0 spiro atoms. The van der Waals surface area contributed by atoms with Gasteiger partial charge in [0.15, 0.2) is 0 Å². The predicted molar refractivity (Wildman–Crippen MR) is 104 cm³/mol. The number of benzene rings is 2. The van der Waals surface area contributed by atoms with E-state index in [0.717, 1.165) is 16.8 Å². The fourth-order valence-electron chi connectivity index (χ4n) is 4.00. The van der Waals surface area contributed by atoms with Crippen molar-refractivity contribution in [2.24, 2.45) is 5.92 Å². The molecule has 2 heterocycles. The lowest BCUT2D eigenvalue weighted by molar-refractivity contribution is -0.139. The molecule has 0 aromatic heterocycles. The Kier molecular flexibility index (Phi) is 4.45.